The van der Waals surface area contributed by atoms with Gasteiger partial charge in [-0.3, -0.25) is 0 Å². The molecule has 0 aliphatic rings. The second-order valence-corrected chi connectivity index (χ2v) is 10.5. The van der Waals surface area contributed by atoms with Gasteiger partial charge in [-0.2, -0.15) is 0 Å². The zero-order valence-electron chi connectivity index (χ0n) is 19.3. The molecule has 0 bridgehead atoms. The summed E-state index contributed by atoms with van der Waals surface area (Å²) in [6.07, 6.45) is 2.16. The summed E-state index contributed by atoms with van der Waals surface area (Å²) < 4.78 is 11.1. The Bertz CT molecular complexity index is 881. The highest BCUT2D eigenvalue weighted by Gasteiger charge is 2.23. The lowest BCUT2D eigenvalue weighted by Crippen LogP contribution is -2.36. The van der Waals surface area contributed by atoms with Gasteiger partial charge in [0, 0.05) is 32.0 Å². The molecule has 2 rings (SSSR count). The molecular weight excluding hydrogens is 515 g/mol. The van der Waals surface area contributed by atoms with Gasteiger partial charge in [0.05, 0.1) is 12.1 Å². The lowest BCUT2D eigenvalue weighted by molar-refractivity contribution is -0.142. The van der Waals surface area contributed by atoms with Gasteiger partial charge in [-0.15, -0.1) is 0 Å². The fourth-order valence-electron chi connectivity index (χ4n) is 2.47. The molecule has 10 heteroatoms. The number of hydrogen-bond donors (Lipinski definition) is 2. The number of nitrogens with one attached hydrogen (secondary N) is 2. The van der Waals surface area contributed by atoms with Crippen molar-refractivity contribution in [3.8, 4) is 0 Å². The highest BCUT2D eigenvalue weighted by atomic mass is 35.5. The molecule has 2 aromatic rings. The number of rotatable bonds is 12. The third-order valence-electron chi connectivity index (χ3n) is 4.68. The van der Waals surface area contributed by atoms with Crippen LogP contribution in [0.2, 0.25) is 10.0 Å². The van der Waals surface area contributed by atoms with Gasteiger partial charge < -0.3 is 20.1 Å². The van der Waals surface area contributed by atoms with Crippen molar-refractivity contribution in [1.29, 1.82) is 0 Å². The number of carbonyl (C=O) groups is 2. The summed E-state index contributed by atoms with van der Waals surface area (Å²) >= 11 is 14.6. The van der Waals surface area contributed by atoms with E-state index in [1.165, 1.54) is 23.5 Å². The van der Waals surface area contributed by atoms with Crippen molar-refractivity contribution in [3.05, 3.63) is 70.7 Å². The zero-order valence-corrected chi connectivity index (χ0v) is 22.4. The Balaban J connectivity index is 1.98. The van der Waals surface area contributed by atoms with Crippen LogP contribution >= 0.6 is 46.7 Å². The largest absolute Gasteiger partial charge is 0.446 e. The topological polar surface area (TPSA) is 76.7 Å². The molecule has 34 heavy (non-hydrogen) atoms. The van der Waals surface area contributed by atoms with Crippen LogP contribution in [0.5, 0.6) is 0 Å². The van der Waals surface area contributed by atoms with Crippen LogP contribution in [0.25, 0.3) is 0 Å². The molecule has 0 heterocycles. The van der Waals surface area contributed by atoms with Crippen LogP contribution in [-0.4, -0.2) is 49.0 Å². The highest BCUT2D eigenvalue weighted by molar-refractivity contribution is 8.00. The summed E-state index contributed by atoms with van der Waals surface area (Å²) in [4.78, 5) is 26.6. The zero-order chi connectivity index (χ0) is 25.1. The lowest BCUT2D eigenvalue weighted by atomic mass is 10.3. The predicted molar refractivity (Wildman–Crippen MR) is 141 cm³/mol. The Labute approximate surface area is 219 Å². The van der Waals surface area contributed by atoms with Crippen LogP contribution in [0.3, 0.4) is 0 Å². The summed E-state index contributed by atoms with van der Waals surface area (Å²) in [6, 6.07) is 14.2. The molecule has 0 saturated heterocycles. The van der Waals surface area contributed by atoms with Gasteiger partial charge in [0.25, 0.3) is 0 Å². The van der Waals surface area contributed by atoms with Crippen molar-refractivity contribution < 1.29 is 19.1 Å². The van der Waals surface area contributed by atoms with Gasteiger partial charge in [0.15, 0.2) is 10.9 Å². The maximum atomic E-state index is 12.4. The number of benzene rings is 2. The molecule has 0 aliphatic carbocycles. The van der Waals surface area contributed by atoms with E-state index in [1.54, 1.807) is 38.4 Å². The van der Waals surface area contributed by atoms with Crippen LogP contribution in [0.4, 0.5) is 0 Å². The number of likely N-dealkylation sites (N-methyl/N-ethyl adjacent to an activating group) is 2. The molecule has 0 saturated carbocycles. The quantitative estimate of drug-likeness (QED) is 0.160. The third kappa shape index (κ3) is 9.90. The Kier molecular flexibility index (Phi) is 12.3. The standard InChI is InChI=1S/C24H28Cl2N2O4S2/c1-15(27-3)23(33-19-9-5-17(25)6-10-19)31-21(29)13-14-22(30)32-24(16(2)28-4)34-20-11-7-18(26)8-12-20/h5-16,23-24,27-28H,1-4H3/b14-13+. The van der Waals surface area contributed by atoms with E-state index in [0.29, 0.717) is 10.0 Å². The highest BCUT2D eigenvalue weighted by Crippen LogP contribution is 2.29. The number of carbonyl (C=O) groups excluding carboxylic acids is 2. The van der Waals surface area contributed by atoms with Crippen molar-refractivity contribution >= 4 is 58.7 Å². The van der Waals surface area contributed by atoms with Gasteiger partial charge in [0.1, 0.15) is 0 Å². The molecule has 2 aromatic carbocycles. The van der Waals surface area contributed by atoms with Gasteiger partial charge in [-0.25, -0.2) is 9.59 Å². The number of thioether (sulfide) groups is 2. The van der Waals surface area contributed by atoms with Crippen molar-refractivity contribution in [3.63, 3.8) is 0 Å². The first kappa shape index (κ1) is 28.6. The van der Waals surface area contributed by atoms with E-state index in [4.69, 9.17) is 32.7 Å². The Morgan fingerprint density at radius 2 is 1.06 bits per heavy atom. The number of hydrogen-bond acceptors (Lipinski definition) is 8. The lowest BCUT2D eigenvalue weighted by Gasteiger charge is -2.23. The first-order chi connectivity index (χ1) is 16.2. The predicted octanol–water partition coefficient (Wildman–Crippen LogP) is 5.39. The van der Waals surface area contributed by atoms with Crippen LogP contribution in [0.15, 0.2) is 70.5 Å². The molecule has 2 N–H and O–H groups in total. The summed E-state index contributed by atoms with van der Waals surface area (Å²) in [5, 5.41) is 7.41. The van der Waals surface area contributed by atoms with Crippen molar-refractivity contribution in [2.75, 3.05) is 14.1 Å². The van der Waals surface area contributed by atoms with E-state index in [1.807, 2.05) is 38.1 Å². The average molecular weight is 544 g/mol. The van der Waals surface area contributed by atoms with Crippen LogP contribution in [-0.2, 0) is 19.1 Å². The smallest absolute Gasteiger partial charge is 0.332 e. The molecule has 4 unspecified atom stereocenters. The van der Waals surface area contributed by atoms with Crippen molar-refractivity contribution in [2.24, 2.45) is 0 Å². The summed E-state index contributed by atoms with van der Waals surface area (Å²) in [7, 11) is 3.56. The van der Waals surface area contributed by atoms with E-state index in [2.05, 4.69) is 10.6 Å². The average Bonchev–Trinajstić information content (AvgIpc) is 2.83. The van der Waals surface area contributed by atoms with E-state index in [-0.39, 0.29) is 12.1 Å². The molecule has 184 valence electrons. The molecule has 0 amide bonds. The minimum absolute atomic E-state index is 0.137. The molecule has 0 aliphatic heterocycles. The number of esters is 2. The second kappa shape index (κ2) is 14.7. The van der Waals surface area contributed by atoms with Crippen LogP contribution in [0, 0.1) is 0 Å². The molecule has 0 spiro atoms. The van der Waals surface area contributed by atoms with Crippen molar-refractivity contribution in [2.45, 2.75) is 46.6 Å². The summed E-state index contributed by atoms with van der Waals surface area (Å²) in [5.74, 6) is -1.29. The molecular formula is C24H28Cl2N2O4S2. The maximum Gasteiger partial charge on any atom is 0.332 e. The third-order valence-corrected chi connectivity index (χ3v) is 7.75. The van der Waals surface area contributed by atoms with Gasteiger partial charge in [-0.1, -0.05) is 46.7 Å². The van der Waals surface area contributed by atoms with E-state index < -0.39 is 22.8 Å². The molecule has 0 fully saturated rings. The van der Waals surface area contributed by atoms with Gasteiger partial charge in [-0.05, 0) is 76.5 Å². The Morgan fingerprint density at radius 3 is 1.35 bits per heavy atom. The van der Waals surface area contributed by atoms with E-state index in [9.17, 15) is 9.59 Å². The fourth-order valence-corrected chi connectivity index (χ4v) is 4.81. The SMILES string of the molecule is CNC(C)C(OC(=O)/C=C/C(=O)OC(Sc1ccc(Cl)cc1)C(C)NC)Sc1ccc(Cl)cc1. The normalized spacial score (nSPS) is 14.9. The summed E-state index contributed by atoms with van der Waals surface area (Å²) in [5.41, 5.74) is -1.03. The van der Waals surface area contributed by atoms with Crippen LogP contribution < -0.4 is 10.6 Å². The maximum absolute atomic E-state index is 12.4. The van der Waals surface area contributed by atoms with E-state index in [0.717, 1.165) is 21.9 Å². The van der Waals surface area contributed by atoms with E-state index >= 15 is 0 Å². The minimum atomic E-state index is -0.644. The van der Waals surface area contributed by atoms with Gasteiger partial charge >= 0.3 is 11.9 Å². The minimum Gasteiger partial charge on any atom is -0.446 e. The molecule has 0 radical (unpaired) electrons. The number of halogens is 2. The Hall–Kier alpha value is -1.68. The monoisotopic (exact) mass is 542 g/mol. The van der Waals surface area contributed by atoms with Crippen molar-refractivity contribution in [1.82, 2.24) is 10.6 Å². The second-order valence-electron chi connectivity index (χ2n) is 7.24. The first-order valence-corrected chi connectivity index (χ1v) is 13.0. The Morgan fingerprint density at radius 1 is 0.735 bits per heavy atom. The molecule has 4 atom stereocenters. The van der Waals surface area contributed by atoms with Gasteiger partial charge in [0.2, 0.25) is 0 Å². The molecule has 6 nitrogen and oxygen atoms in total. The molecule has 0 aromatic heterocycles. The van der Waals surface area contributed by atoms with Crippen LogP contribution in [0.1, 0.15) is 13.8 Å². The first-order valence-electron chi connectivity index (χ1n) is 10.5. The summed E-state index contributed by atoms with van der Waals surface area (Å²) in [6.45, 7) is 3.80. The fraction of sp³-hybridized carbons (Fsp3) is 0.333. The number of ether oxygens (including phenoxy) is 2.